The number of rotatable bonds is 20. The Bertz CT molecular complexity index is 306. The van der Waals surface area contributed by atoms with Gasteiger partial charge in [-0.2, -0.15) is 0 Å². The predicted molar refractivity (Wildman–Crippen MR) is 121 cm³/mol. The molecule has 0 radical (unpaired) electrons. The summed E-state index contributed by atoms with van der Waals surface area (Å²) >= 11 is 0. The van der Waals surface area contributed by atoms with Crippen LogP contribution in [0.2, 0.25) is 0 Å². The van der Waals surface area contributed by atoms with E-state index in [4.69, 9.17) is 0 Å². The van der Waals surface area contributed by atoms with Crippen molar-refractivity contribution in [3.8, 4) is 0 Å². The van der Waals surface area contributed by atoms with Gasteiger partial charge in [0.05, 0.1) is 0 Å². The molecule has 0 fully saturated rings. The molecule has 0 aromatic carbocycles. The fraction of sp³-hybridized carbons (Fsp3) is 0.917. The molecule has 0 saturated heterocycles. The molecule has 0 unspecified atom stereocenters. The Hall–Kier alpha value is -0.464. The van der Waals surface area contributed by atoms with Crippen LogP contribution in [0.5, 0.6) is 0 Å². The van der Waals surface area contributed by atoms with Gasteiger partial charge in [0.1, 0.15) is 0 Å². The van der Waals surface area contributed by atoms with Crippen molar-refractivity contribution in [3.05, 3.63) is 0 Å². The summed E-state index contributed by atoms with van der Waals surface area (Å²) in [6, 6.07) is 0. The van der Waals surface area contributed by atoms with E-state index in [0.29, 0.717) is 0 Å². The molecule has 0 aliphatic rings. The van der Waals surface area contributed by atoms with Gasteiger partial charge >= 0.3 is 19.8 Å². The standard InChI is InChI=1S/2C12H24O2.Ga.H2O/c2*1-2-3-4-5-6-7-8-9-10-11-12(13)14;;/h2*2-11H2,1H3,(H,13,14);;1H2/q;;+3;/p-3. The van der Waals surface area contributed by atoms with Crippen molar-refractivity contribution in [2.75, 3.05) is 0 Å². The molecule has 0 aliphatic carbocycles. The Morgan fingerprint density at radius 1 is 0.467 bits per heavy atom. The van der Waals surface area contributed by atoms with Crippen molar-refractivity contribution in [2.45, 2.75) is 142 Å². The van der Waals surface area contributed by atoms with E-state index in [2.05, 4.69) is 13.8 Å². The topological polar surface area (TPSA) is 110 Å². The van der Waals surface area contributed by atoms with Crippen LogP contribution in [-0.2, 0) is 9.59 Å². The van der Waals surface area contributed by atoms with Crippen LogP contribution in [0.15, 0.2) is 0 Å². The largest absolute Gasteiger partial charge is 3.00 e. The van der Waals surface area contributed by atoms with Crippen molar-refractivity contribution >= 4 is 31.7 Å². The van der Waals surface area contributed by atoms with E-state index in [1.54, 1.807) is 0 Å². The predicted octanol–water partition coefficient (Wildman–Crippen LogP) is 4.76. The summed E-state index contributed by atoms with van der Waals surface area (Å²) in [6.45, 7) is 4.44. The molecule has 0 atom stereocenters. The van der Waals surface area contributed by atoms with Gasteiger partial charge < -0.3 is 25.3 Å². The second kappa shape index (κ2) is 33.2. The van der Waals surface area contributed by atoms with Crippen LogP contribution < -0.4 is 10.2 Å². The number of hydrogen-bond donors (Lipinski definition) is 0. The maximum Gasteiger partial charge on any atom is 3.00 e. The van der Waals surface area contributed by atoms with Crippen LogP contribution in [0, 0.1) is 0 Å². The Labute approximate surface area is 199 Å². The van der Waals surface area contributed by atoms with E-state index in [-0.39, 0.29) is 38.1 Å². The monoisotopic (exact) mass is 484 g/mol. The van der Waals surface area contributed by atoms with E-state index < -0.39 is 11.9 Å². The van der Waals surface area contributed by atoms with Gasteiger partial charge in [0.25, 0.3) is 0 Å². The fourth-order valence-corrected chi connectivity index (χ4v) is 3.16. The molecule has 0 spiro atoms. The van der Waals surface area contributed by atoms with Crippen LogP contribution in [-0.4, -0.2) is 37.2 Å². The Balaban J connectivity index is -0.000000211. The maximum atomic E-state index is 10.1. The first-order valence-electron chi connectivity index (χ1n) is 11.9. The third-order valence-electron chi connectivity index (χ3n) is 4.97. The number of aliphatic carboxylic acids is 2. The summed E-state index contributed by atoms with van der Waals surface area (Å²) in [5.74, 6) is -1.82. The number of unbranched alkanes of at least 4 members (excludes halogenated alkanes) is 16. The van der Waals surface area contributed by atoms with Crippen LogP contribution in [0.3, 0.4) is 0 Å². The normalized spacial score (nSPS) is 9.67. The summed E-state index contributed by atoms with van der Waals surface area (Å²) in [6.07, 6.45) is 22.3. The minimum absolute atomic E-state index is 0. The van der Waals surface area contributed by atoms with E-state index in [0.717, 1.165) is 25.7 Å². The molecule has 0 rings (SSSR count). The molecule has 1 N–H and O–H groups in total. The molecule has 0 aromatic heterocycles. The second-order valence-electron chi connectivity index (χ2n) is 7.90. The zero-order valence-electron chi connectivity index (χ0n) is 19.8. The van der Waals surface area contributed by atoms with Gasteiger partial charge in [0, 0.05) is 11.9 Å². The first kappa shape index (κ1) is 36.9. The molecule has 176 valence electrons. The average molecular weight is 485 g/mol. The Morgan fingerprint density at radius 2 is 0.667 bits per heavy atom. The van der Waals surface area contributed by atoms with Gasteiger partial charge in [0.2, 0.25) is 0 Å². The van der Waals surface area contributed by atoms with Crippen molar-refractivity contribution in [1.82, 2.24) is 0 Å². The number of hydrogen-bond acceptors (Lipinski definition) is 5. The molecular weight excluding hydrogens is 438 g/mol. The Morgan fingerprint density at radius 3 is 0.867 bits per heavy atom. The summed E-state index contributed by atoms with van der Waals surface area (Å²) in [7, 11) is 0. The molecule has 30 heavy (non-hydrogen) atoms. The third kappa shape index (κ3) is 41.8. The first-order valence-corrected chi connectivity index (χ1v) is 11.9. The number of carboxylic acid groups (broad SMARTS) is 2. The van der Waals surface area contributed by atoms with Crippen molar-refractivity contribution in [2.24, 2.45) is 0 Å². The first-order chi connectivity index (χ1) is 13.5. The van der Waals surface area contributed by atoms with Crippen molar-refractivity contribution < 1.29 is 25.3 Å². The molecule has 0 heterocycles. The average Bonchev–Trinajstić information content (AvgIpc) is 2.65. The maximum absolute atomic E-state index is 10.1. The molecule has 0 amide bonds. The molecule has 0 aliphatic heterocycles. The van der Waals surface area contributed by atoms with E-state index >= 15 is 0 Å². The van der Waals surface area contributed by atoms with Crippen LogP contribution in [0.25, 0.3) is 0 Å². The van der Waals surface area contributed by atoms with Crippen LogP contribution >= 0.6 is 0 Å². The molecule has 0 aromatic rings. The van der Waals surface area contributed by atoms with Crippen molar-refractivity contribution in [1.29, 1.82) is 0 Å². The second-order valence-corrected chi connectivity index (χ2v) is 7.90. The van der Waals surface area contributed by atoms with E-state index in [1.807, 2.05) is 0 Å². The third-order valence-corrected chi connectivity index (χ3v) is 4.97. The summed E-state index contributed by atoms with van der Waals surface area (Å²) in [5, 5.41) is 20.2. The SMILES string of the molecule is CCCCCCCCCCCC(=O)[O-].CCCCCCCCCCCC(=O)[O-].[Ga+3].[OH-]. The van der Waals surface area contributed by atoms with Gasteiger partial charge in [-0.15, -0.1) is 0 Å². The molecule has 5 nitrogen and oxygen atoms in total. The van der Waals surface area contributed by atoms with Gasteiger partial charge in [-0.05, 0) is 25.7 Å². The number of carbonyl (C=O) groups excluding carboxylic acids is 2. The van der Waals surface area contributed by atoms with E-state index in [1.165, 1.54) is 89.9 Å². The Kier molecular flexibility index (Phi) is 40.8. The number of carbonyl (C=O) groups is 2. The van der Waals surface area contributed by atoms with Crippen LogP contribution in [0.4, 0.5) is 0 Å². The minimum Gasteiger partial charge on any atom is -0.870 e. The van der Waals surface area contributed by atoms with Gasteiger partial charge in [-0.3, -0.25) is 0 Å². The zero-order valence-corrected chi connectivity index (χ0v) is 22.2. The quantitative estimate of drug-likeness (QED) is 0.182. The number of carboxylic acids is 2. The summed E-state index contributed by atoms with van der Waals surface area (Å²) < 4.78 is 0. The van der Waals surface area contributed by atoms with Crippen molar-refractivity contribution in [3.63, 3.8) is 0 Å². The van der Waals surface area contributed by atoms with Gasteiger partial charge in [-0.25, -0.2) is 0 Å². The summed E-state index contributed by atoms with van der Waals surface area (Å²) in [4.78, 5) is 20.2. The van der Waals surface area contributed by atoms with Gasteiger partial charge in [-0.1, -0.05) is 117 Å². The zero-order chi connectivity index (χ0) is 21.3. The summed E-state index contributed by atoms with van der Waals surface area (Å²) in [5.41, 5.74) is 0. The molecular formula is C24H47GaO5. The molecule has 0 bridgehead atoms. The minimum atomic E-state index is -0.909. The molecule has 0 saturated carbocycles. The fourth-order valence-electron chi connectivity index (χ4n) is 3.16. The van der Waals surface area contributed by atoms with E-state index in [9.17, 15) is 19.8 Å². The smallest absolute Gasteiger partial charge is 0.870 e. The van der Waals surface area contributed by atoms with Crippen LogP contribution in [0.1, 0.15) is 142 Å². The van der Waals surface area contributed by atoms with Gasteiger partial charge in [0.15, 0.2) is 0 Å². The molecule has 6 heteroatoms.